The van der Waals surface area contributed by atoms with Crippen molar-refractivity contribution in [1.82, 2.24) is 0 Å². The average Bonchev–Trinajstić information content (AvgIpc) is 3.25. The number of benzene rings is 3. The number of rotatable bonds is 4. The molecular weight excluding hydrogens is 457 g/mol. The third kappa shape index (κ3) is 2.82. The largest absolute Gasteiger partial charge is 0.138 e. The van der Waals surface area contributed by atoms with E-state index < -0.39 is 16.1 Å². The minimum Gasteiger partial charge on any atom is -0.138 e. The Morgan fingerprint density at radius 1 is 0.531 bits per heavy atom. The predicted molar refractivity (Wildman–Crippen MR) is 156 cm³/mol. The first-order chi connectivity index (χ1) is 14.7. The Morgan fingerprint density at radius 2 is 0.844 bits per heavy atom. The highest BCUT2D eigenvalue weighted by Crippen LogP contribution is 2.54. The lowest BCUT2D eigenvalue weighted by atomic mass is 9.95. The zero-order valence-electron chi connectivity index (χ0n) is 21.3. The van der Waals surface area contributed by atoms with E-state index in [9.17, 15) is 0 Å². The van der Waals surface area contributed by atoms with Crippen molar-refractivity contribution >= 4 is 80.5 Å². The minimum atomic E-state index is -1.41. The van der Waals surface area contributed by atoms with Crippen LogP contribution in [0.25, 0.3) is 41.7 Å². The van der Waals surface area contributed by atoms with Gasteiger partial charge in [0, 0.05) is 20.5 Å². The molecule has 0 bridgehead atoms. The van der Waals surface area contributed by atoms with Crippen LogP contribution >= 0.6 is 22.7 Å². The average molecular weight is 493 g/mol. The van der Waals surface area contributed by atoms with Crippen LogP contribution in [-0.2, 0) is 10.1 Å². The van der Waals surface area contributed by atoms with Gasteiger partial charge in [0.15, 0.2) is 0 Å². The van der Waals surface area contributed by atoms with Crippen LogP contribution in [0.2, 0.25) is 39.3 Å². The Balaban J connectivity index is 2.00. The second-order valence-corrected chi connectivity index (χ2v) is 26.3. The maximum absolute atomic E-state index is 2.52. The molecule has 2 heterocycles. The SMILES string of the molecule is CC(C)(c1sc2c3sc(C(C)(C)[Si](C)(C)C)c4cccc(c5cccc1c52)c43)[Si](C)(C)C. The molecule has 0 spiro atoms. The number of hydrogen-bond acceptors (Lipinski definition) is 2. The molecule has 0 nitrogen and oxygen atoms in total. The van der Waals surface area contributed by atoms with Gasteiger partial charge in [-0.05, 0) is 31.6 Å². The van der Waals surface area contributed by atoms with Crippen molar-refractivity contribution in [1.29, 1.82) is 0 Å². The van der Waals surface area contributed by atoms with Crippen LogP contribution in [0.1, 0.15) is 37.4 Å². The molecule has 0 aliphatic heterocycles. The van der Waals surface area contributed by atoms with E-state index in [-0.39, 0.29) is 10.1 Å². The van der Waals surface area contributed by atoms with Gasteiger partial charge in [-0.3, -0.25) is 0 Å². The van der Waals surface area contributed by atoms with Crippen molar-refractivity contribution in [2.24, 2.45) is 0 Å². The summed E-state index contributed by atoms with van der Waals surface area (Å²) in [6.07, 6.45) is 0. The number of fused-ring (bicyclic) bond motifs is 2. The molecule has 0 atom stereocenters. The molecule has 0 radical (unpaired) electrons. The van der Waals surface area contributed by atoms with Gasteiger partial charge in [0.1, 0.15) is 0 Å². The van der Waals surface area contributed by atoms with Crippen molar-refractivity contribution in [3.05, 3.63) is 46.2 Å². The van der Waals surface area contributed by atoms with Gasteiger partial charge in [-0.1, -0.05) is 103 Å². The summed E-state index contributed by atoms with van der Waals surface area (Å²) in [4.78, 5) is 3.20. The molecule has 4 heteroatoms. The standard InChI is InChI=1S/C28H36S2Si2/c1-27(2,31(5,6)7)25-19-15-11-13-17-18-14-12-16-20-22(18)24(23(29-25)21(17)19)30-26(20)28(3,4)32(8,9)10/h11-16H,1-10H3. The molecule has 0 fully saturated rings. The molecule has 0 aliphatic rings. The maximum atomic E-state index is 2.52. The molecule has 5 rings (SSSR count). The summed E-state index contributed by atoms with van der Waals surface area (Å²) in [7, 11) is -2.82. The molecule has 0 N–H and O–H groups in total. The third-order valence-electron chi connectivity index (χ3n) is 8.86. The van der Waals surface area contributed by atoms with Gasteiger partial charge < -0.3 is 0 Å². The Kier molecular flexibility index (Phi) is 4.72. The van der Waals surface area contributed by atoms with Gasteiger partial charge in [-0.15, -0.1) is 22.7 Å². The Morgan fingerprint density at radius 3 is 1.16 bits per heavy atom. The van der Waals surface area contributed by atoms with E-state index in [1.807, 2.05) is 0 Å². The Labute approximate surface area is 203 Å². The number of thiophene rings is 2. The lowest BCUT2D eigenvalue weighted by Gasteiger charge is -2.37. The molecule has 5 aromatic rings. The summed E-state index contributed by atoms with van der Waals surface area (Å²) in [5.41, 5.74) is 0. The van der Waals surface area contributed by atoms with E-state index >= 15 is 0 Å². The lowest BCUT2D eigenvalue weighted by Crippen LogP contribution is -2.44. The summed E-state index contributed by atoms with van der Waals surface area (Å²) < 4.78 is 3.06. The molecule has 0 saturated heterocycles. The van der Waals surface area contributed by atoms with E-state index in [0.29, 0.717) is 0 Å². The van der Waals surface area contributed by atoms with Crippen LogP contribution in [0.3, 0.4) is 0 Å². The molecular formula is C28H36S2Si2. The predicted octanol–water partition coefficient (Wildman–Crippen LogP) is 10.2. The van der Waals surface area contributed by atoms with Crippen LogP contribution in [0.15, 0.2) is 36.4 Å². The first kappa shape index (κ1) is 22.6. The highest BCUT2D eigenvalue weighted by molar-refractivity contribution is 7.29. The van der Waals surface area contributed by atoms with Gasteiger partial charge in [0.2, 0.25) is 0 Å². The fourth-order valence-corrected chi connectivity index (χ4v) is 11.3. The van der Waals surface area contributed by atoms with Crippen molar-refractivity contribution < 1.29 is 0 Å². The first-order valence-electron chi connectivity index (χ1n) is 11.8. The monoisotopic (exact) mass is 492 g/mol. The van der Waals surface area contributed by atoms with Crippen LogP contribution in [-0.4, -0.2) is 16.1 Å². The lowest BCUT2D eigenvalue weighted by molar-refractivity contribution is 0.743. The van der Waals surface area contributed by atoms with Gasteiger partial charge in [-0.2, -0.15) is 0 Å². The molecule has 3 aromatic carbocycles. The van der Waals surface area contributed by atoms with Crippen molar-refractivity contribution in [3.63, 3.8) is 0 Å². The summed E-state index contributed by atoms with van der Waals surface area (Å²) in [5, 5.41) is 9.38. The number of hydrogen-bond donors (Lipinski definition) is 0. The zero-order valence-corrected chi connectivity index (χ0v) is 24.9. The summed E-state index contributed by atoms with van der Waals surface area (Å²) in [6.45, 7) is 25.1. The van der Waals surface area contributed by atoms with Crippen LogP contribution in [0.5, 0.6) is 0 Å². The summed E-state index contributed by atoms with van der Waals surface area (Å²) >= 11 is 4.19. The molecule has 0 amide bonds. The zero-order chi connectivity index (χ0) is 23.4. The first-order valence-corrected chi connectivity index (χ1v) is 20.4. The van der Waals surface area contributed by atoms with Crippen molar-refractivity contribution in [2.75, 3.05) is 0 Å². The van der Waals surface area contributed by atoms with Crippen LogP contribution < -0.4 is 0 Å². The fourth-order valence-electron chi connectivity index (χ4n) is 4.77. The molecule has 0 saturated carbocycles. The molecule has 2 aromatic heterocycles. The maximum Gasteiger partial charge on any atom is 0.0560 e. The van der Waals surface area contributed by atoms with Crippen molar-refractivity contribution in [2.45, 2.75) is 77.1 Å². The van der Waals surface area contributed by atoms with E-state index in [1.54, 1.807) is 9.75 Å². The van der Waals surface area contributed by atoms with Gasteiger partial charge in [0.05, 0.1) is 25.5 Å². The minimum absolute atomic E-state index is 0.236. The topological polar surface area (TPSA) is 0 Å². The highest BCUT2D eigenvalue weighted by atomic mass is 32.1. The van der Waals surface area contributed by atoms with Gasteiger partial charge in [0.25, 0.3) is 0 Å². The van der Waals surface area contributed by atoms with E-state index in [2.05, 4.69) is 126 Å². The van der Waals surface area contributed by atoms with Gasteiger partial charge in [-0.25, -0.2) is 0 Å². The van der Waals surface area contributed by atoms with Crippen LogP contribution in [0, 0.1) is 0 Å². The van der Waals surface area contributed by atoms with E-state index in [4.69, 9.17) is 0 Å². The quantitative estimate of drug-likeness (QED) is 0.173. The Bertz CT molecular complexity index is 1370. The summed E-state index contributed by atoms with van der Waals surface area (Å²) in [5.74, 6) is 0. The van der Waals surface area contributed by atoms with Crippen LogP contribution in [0.4, 0.5) is 0 Å². The Hall–Kier alpha value is -1.21. The molecule has 32 heavy (non-hydrogen) atoms. The molecule has 0 aliphatic carbocycles. The van der Waals surface area contributed by atoms with E-state index in [1.165, 1.54) is 41.7 Å². The molecule has 168 valence electrons. The fraction of sp³-hybridized carbons (Fsp3) is 0.429. The summed E-state index contributed by atoms with van der Waals surface area (Å²) in [6, 6.07) is 14.1. The second kappa shape index (κ2) is 6.68. The highest BCUT2D eigenvalue weighted by Gasteiger charge is 2.41. The van der Waals surface area contributed by atoms with Gasteiger partial charge >= 0.3 is 0 Å². The molecule has 0 unspecified atom stereocenters. The third-order valence-corrected chi connectivity index (χ3v) is 20.4. The smallest absolute Gasteiger partial charge is 0.0560 e. The van der Waals surface area contributed by atoms with E-state index in [0.717, 1.165) is 0 Å². The normalized spacial score (nSPS) is 14.6. The second-order valence-electron chi connectivity index (χ2n) is 12.7. The van der Waals surface area contributed by atoms with Crippen molar-refractivity contribution in [3.8, 4) is 0 Å².